The third kappa shape index (κ3) is 3.18. The zero-order valence-electron chi connectivity index (χ0n) is 11.6. The Morgan fingerprint density at radius 1 is 1.52 bits per heavy atom. The van der Waals surface area contributed by atoms with Gasteiger partial charge >= 0.3 is 5.00 Å². The van der Waals surface area contributed by atoms with Crippen molar-refractivity contribution in [3.63, 3.8) is 0 Å². The molecule has 0 N–H and O–H groups in total. The molecule has 0 saturated carbocycles. The van der Waals surface area contributed by atoms with Crippen molar-refractivity contribution in [1.82, 2.24) is 9.80 Å². The minimum Gasteiger partial charge on any atom is -0.344 e. The maximum atomic E-state index is 12.4. The van der Waals surface area contributed by atoms with E-state index in [0.29, 0.717) is 23.1 Å². The van der Waals surface area contributed by atoms with Gasteiger partial charge in [0.1, 0.15) is 6.04 Å². The minimum atomic E-state index is -0.520. The number of nitrogens with zero attached hydrogens (tertiary/aromatic N) is 3. The number of amides is 2. The second-order valence-electron chi connectivity index (χ2n) is 4.54. The van der Waals surface area contributed by atoms with Gasteiger partial charge in [0.2, 0.25) is 5.91 Å². The number of hydrogen-bond acceptors (Lipinski definition) is 6. The van der Waals surface area contributed by atoms with Crippen LogP contribution in [-0.4, -0.2) is 57.8 Å². The lowest BCUT2D eigenvalue weighted by atomic mass is 10.2. The summed E-state index contributed by atoms with van der Waals surface area (Å²) < 4.78 is 0. The summed E-state index contributed by atoms with van der Waals surface area (Å²) in [7, 11) is 1.70. The van der Waals surface area contributed by atoms with E-state index < -0.39 is 11.0 Å². The van der Waals surface area contributed by atoms with Crippen molar-refractivity contribution in [2.24, 2.45) is 0 Å². The Kier molecular flexibility index (Phi) is 4.84. The molecule has 2 amide bonds. The van der Waals surface area contributed by atoms with Gasteiger partial charge in [0.15, 0.2) is 0 Å². The molecule has 7 nitrogen and oxygen atoms in total. The Morgan fingerprint density at radius 2 is 2.24 bits per heavy atom. The Labute approximate surface area is 130 Å². The van der Waals surface area contributed by atoms with Gasteiger partial charge < -0.3 is 9.80 Å². The standard InChI is InChI=1S/C12H15N3O4S2/c1-3-13(2)11(16)8-6-20-7-14(8)12(17)9-4-5-10(21-9)15(18)19/h4-5,8H,3,6-7H2,1-2H3. The summed E-state index contributed by atoms with van der Waals surface area (Å²) in [6.07, 6.45) is 0. The smallest absolute Gasteiger partial charge is 0.324 e. The summed E-state index contributed by atoms with van der Waals surface area (Å²) in [4.78, 5) is 38.2. The van der Waals surface area contributed by atoms with Crippen molar-refractivity contribution >= 4 is 39.9 Å². The maximum absolute atomic E-state index is 12.4. The molecule has 0 aliphatic carbocycles. The average molecular weight is 329 g/mol. The van der Waals surface area contributed by atoms with Crippen LogP contribution in [0, 0.1) is 10.1 Å². The molecule has 1 aromatic rings. The van der Waals surface area contributed by atoms with E-state index in [1.54, 1.807) is 11.9 Å². The molecule has 0 bridgehead atoms. The van der Waals surface area contributed by atoms with Crippen LogP contribution in [0.1, 0.15) is 16.6 Å². The van der Waals surface area contributed by atoms with Gasteiger partial charge in [0, 0.05) is 25.4 Å². The van der Waals surface area contributed by atoms with E-state index in [0.717, 1.165) is 11.3 Å². The molecule has 1 aromatic heterocycles. The van der Waals surface area contributed by atoms with Crippen molar-refractivity contribution in [2.45, 2.75) is 13.0 Å². The van der Waals surface area contributed by atoms with Gasteiger partial charge in [-0.25, -0.2) is 0 Å². The average Bonchev–Trinajstić information content (AvgIpc) is 3.13. The van der Waals surface area contributed by atoms with Crippen LogP contribution in [0.4, 0.5) is 5.00 Å². The molecule has 1 fully saturated rings. The van der Waals surface area contributed by atoms with Crippen molar-refractivity contribution < 1.29 is 14.5 Å². The summed E-state index contributed by atoms with van der Waals surface area (Å²) in [6, 6.07) is 2.27. The first-order chi connectivity index (χ1) is 9.95. The molecule has 1 saturated heterocycles. The first-order valence-electron chi connectivity index (χ1n) is 6.33. The van der Waals surface area contributed by atoms with E-state index in [-0.39, 0.29) is 16.8 Å². The van der Waals surface area contributed by atoms with Gasteiger partial charge in [0.25, 0.3) is 5.91 Å². The molecule has 114 valence electrons. The molecule has 1 aliphatic rings. The van der Waals surface area contributed by atoms with Crippen LogP contribution in [0.15, 0.2) is 12.1 Å². The Bertz CT molecular complexity index is 575. The second-order valence-corrected chi connectivity index (χ2v) is 6.60. The topological polar surface area (TPSA) is 83.8 Å². The third-order valence-electron chi connectivity index (χ3n) is 3.26. The predicted octanol–water partition coefficient (Wildman–Crippen LogP) is 1.65. The number of nitro groups is 1. The fraction of sp³-hybridized carbons (Fsp3) is 0.500. The zero-order valence-corrected chi connectivity index (χ0v) is 13.3. The molecule has 2 heterocycles. The highest BCUT2D eigenvalue weighted by Crippen LogP contribution is 2.29. The summed E-state index contributed by atoms with van der Waals surface area (Å²) in [6.45, 7) is 2.45. The number of hydrogen-bond donors (Lipinski definition) is 0. The van der Waals surface area contributed by atoms with Gasteiger partial charge in [-0.05, 0) is 13.0 Å². The fourth-order valence-electron chi connectivity index (χ4n) is 1.94. The molecule has 1 atom stereocenters. The van der Waals surface area contributed by atoms with Gasteiger partial charge in [-0.3, -0.25) is 19.7 Å². The molecule has 9 heteroatoms. The Morgan fingerprint density at radius 3 is 2.81 bits per heavy atom. The third-order valence-corrected chi connectivity index (χ3v) is 5.30. The Hall–Kier alpha value is -1.61. The SMILES string of the molecule is CCN(C)C(=O)C1CSCN1C(=O)c1ccc([N+](=O)[O-])s1. The van der Waals surface area contributed by atoms with Crippen molar-refractivity contribution in [2.75, 3.05) is 25.2 Å². The maximum Gasteiger partial charge on any atom is 0.324 e. The van der Waals surface area contributed by atoms with Crippen LogP contribution >= 0.6 is 23.1 Å². The lowest BCUT2D eigenvalue weighted by Gasteiger charge is -2.26. The number of carbonyl (C=O) groups excluding carboxylic acids is 2. The monoisotopic (exact) mass is 329 g/mol. The summed E-state index contributed by atoms with van der Waals surface area (Å²) >= 11 is 2.35. The number of rotatable bonds is 4. The highest BCUT2D eigenvalue weighted by Gasteiger charge is 2.37. The van der Waals surface area contributed by atoms with E-state index in [9.17, 15) is 19.7 Å². The molecule has 0 aromatic carbocycles. The normalized spacial score (nSPS) is 17.8. The van der Waals surface area contributed by atoms with Crippen LogP contribution in [0.2, 0.25) is 0 Å². The molecular formula is C12H15N3O4S2. The number of thiophene rings is 1. The van der Waals surface area contributed by atoms with Gasteiger partial charge in [-0.2, -0.15) is 0 Å². The highest BCUT2D eigenvalue weighted by atomic mass is 32.2. The number of likely N-dealkylation sites (N-methyl/N-ethyl adjacent to an activating group) is 1. The minimum absolute atomic E-state index is 0.0706. The number of thioether (sulfide) groups is 1. The molecule has 1 aliphatic heterocycles. The molecule has 2 rings (SSSR count). The van der Waals surface area contributed by atoms with E-state index in [1.165, 1.54) is 28.8 Å². The van der Waals surface area contributed by atoms with Crippen LogP contribution in [0.25, 0.3) is 0 Å². The molecule has 21 heavy (non-hydrogen) atoms. The Balaban J connectivity index is 2.17. The van der Waals surface area contributed by atoms with Crippen molar-refractivity contribution in [3.05, 3.63) is 27.1 Å². The molecular weight excluding hydrogens is 314 g/mol. The molecule has 1 unspecified atom stereocenters. The van der Waals surface area contributed by atoms with E-state index >= 15 is 0 Å². The lowest BCUT2D eigenvalue weighted by molar-refractivity contribution is -0.380. The summed E-state index contributed by atoms with van der Waals surface area (Å²) in [5, 5.41) is 10.6. The van der Waals surface area contributed by atoms with Crippen LogP contribution in [-0.2, 0) is 4.79 Å². The van der Waals surface area contributed by atoms with Gasteiger partial charge in [0.05, 0.1) is 15.7 Å². The first kappa shape index (κ1) is 15.8. The van der Waals surface area contributed by atoms with E-state index in [4.69, 9.17) is 0 Å². The number of carbonyl (C=O) groups is 2. The van der Waals surface area contributed by atoms with Gasteiger partial charge in [-0.15, -0.1) is 11.8 Å². The highest BCUT2D eigenvalue weighted by molar-refractivity contribution is 7.99. The van der Waals surface area contributed by atoms with E-state index in [1.807, 2.05) is 6.92 Å². The largest absolute Gasteiger partial charge is 0.344 e. The van der Waals surface area contributed by atoms with Crippen LogP contribution in [0.3, 0.4) is 0 Å². The van der Waals surface area contributed by atoms with Crippen molar-refractivity contribution in [1.29, 1.82) is 0 Å². The van der Waals surface area contributed by atoms with Crippen LogP contribution < -0.4 is 0 Å². The predicted molar refractivity (Wildman–Crippen MR) is 81.6 cm³/mol. The second kappa shape index (κ2) is 6.44. The van der Waals surface area contributed by atoms with Crippen LogP contribution in [0.5, 0.6) is 0 Å². The van der Waals surface area contributed by atoms with Gasteiger partial charge in [-0.1, -0.05) is 11.3 Å². The fourth-order valence-corrected chi connectivity index (χ4v) is 3.86. The summed E-state index contributed by atoms with van der Waals surface area (Å²) in [5.41, 5.74) is 0. The molecule has 0 spiro atoms. The first-order valence-corrected chi connectivity index (χ1v) is 8.30. The molecule has 0 radical (unpaired) electrons. The van der Waals surface area contributed by atoms with E-state index in [2.05, 4.69) is 0 Å². The summed E-state index contributed by atoms with van der Waals surface area (Å²) in [5.74, 6) is 0.573. The van der Waals surface area contributed by atoms with Crippen molar-refractivity contribution in [3.8, 4) is 0 Å². The zero-order chi connectivity index (χ0) is 15.6. The lowest BCUT2D eigenvalue weighted by Crippen LogP contribution is -2.47. The quantitative estimate of drug-likeness (QED) is 0.619.